The third kappa shape index (κ3) is 3.10. The van der Waals surface area contributed by atoms with Gasteiger partial charge in [0.2, 0.25) is 11.8 Å². The lowest BCUT2D eigenvalue weighted by atomic mass is 9.97. The smallest absolute Gasteiger partial charge is 0.228 e. The molecular weight excluding hydrogens is 240 g/mol. The van der Waals surface area contributed by atoms with Crippen molar-refractivity contribution in [1.29, 1.82) is 0 Å². The van der Waals surface area contributed by atoms with Crippen molar-refractivity contribution in [2.45, 2.75) is 58.4 Å². The summed E-state index contributed by atoms with van der Waals surface area (Å²) in [7, 11) is 0. The molecule has 0 aromatic heterocycles. The molecule has 2 aliphatic heterocycles. The molecule has 2 atom stereocenters. The molecule has 4 heteroatoms. The van der Waals surface area contributed by atoms with Crippen LogP contribution in [0.15, 0.2) is 0 Å². The highest BCUT2D eigenvalue weighted by molar-refractivity contribution is 5.89. The minimum atomic E-state index is -0.0915. The Kier molecular flexibility index (Phi) is 4.83. The van der Waals surface area contributed by atoms with Crippen LogP contribution < -0.4 is 0 Å². The van der Waals surface area contributed by atoms with Gasteiger partial charge in [0.05, 0.1) is 5.92 Å². The lowest BCUT2D eigenvalue weighted by Crippen LogP contribution is -2.46. The number of hydrogen-bond donors (Lipinski definition) is 0. The second-order valence-corrected chi connectivity index (χ2v) is 5.83. The number of nitrogens with zero attached hydrogens (tertiary/aromatic N) is 2. The fourth-order valence-corrected chi connectivity index (χ4v) is 3.37. The lowest BCUT2D eigenvalue weighted by molar-refractivity contribution is -0.139. The Morgan fingerprint density at radius 3 is 2.79 bits per heavy atom. The molecule has 2 heterocycles. The van der Waals surface area contributed by atoms with E-state index in [1.165, 1.54) is 6.42 Å². The summed E-state index contributed by atoms with van der Waals surface area (Å²) in [6.45, 7) is 6.54. The summed E-state index contributed by atoms with van der Waals surface area (Å²) in [4.78, 5) is 28.4. The predicted octanol–water partition coefficient (Wildman–Crippen LogP) is 2.04. The van der Waals surface area contributed by atoms with E-state index >= 15 is 0 Å². The highest BCUT2D eigenvalue weighted by atomic mass is 16.2. The molecule has 108 valence electrons. The maximum atomic E-state index is 12.6. The van der Waals surface area contributed by atoms with Crippen molar-refractivity contribution in [1.82, 2.24) is 9.80 Å². The van der Waals surface area contributed by atoms with Gasteiger partial charge in [-0.1, -0.05) is 13.8 Å². The van der Waals surface area contributed by atoms with E-state index in [9.17, 15) is 9.59 Å². The summed E-state index contributed by atoms with van der Waals surface area (Å²) < 4.78 is 0. The molecule has 0 aromatic rings. The van der Waals surface area contributed by atoms with Crippen molar-refractivity contribution in [2.75, 3.05) is 19.6 Å². The van der Waals surface area contributed by atoms with Crippen LogP contribution in [0.2, 0.25) is 0 Å². The standard InChI is InChI=1S/C15H26N2O2/c1-3-8-16-11-12(10-14(16)18)15(19)17-9-6-5-7-13(17)4-2/h12-13H,3-11H2,1-2H3/t12-,13+/m0/s1. The van der Waals surface area contributed by atoms with Gasteiger partial charge in [0, 0.05) is 32.1 Å². The molecule has 2 amide bonds. The van der Waals surface area contributed by atoms with Gasteiger partial charge < -0.3 is 9.80 Å². The van der Waals surface area contributed by atoms with Crippen LogP contribution in [0, 0.1) is 5.92 Å². The maximum Gasteiger partial charge on any atom is 0.228 e. The zero-order chi connectivity index (χ0) is 13.8. The topological polar surface area (TPSA) is 40.6 Å². The molecule has 2 saturated heterocycles. The summed E-state index contributed by atoms with van der Waals surface area (Å²) in [5.74, 6) is 0.287. The molecule has 0 aliphatic carbocycles. The molecular formula is C15H26N2O2. The lowest BCUT2D eigenvalue weighted by Gasteiger charge is -2.36. The number of amides is 2. The number of carbonyl (C=O) groups excluding carboxylic acids is 2. The fourth-order valence-electron chi connectivity index (χ4n) is 3.37. The van der Waals surface area contributed by atoms with Gasteiger partial charge in [-0.15, -0.1) is 0 Å². The normalized spacial score (nSPS) is 28.0. The first-order valence-electron chi connectivity index (χ1n) is 7.75. The average Bonchev–Trinajstić information content (AvgIpc) is 2.80. The third-order valence-corrected chi connectivity index (χ3v) is 4.44. The minimum absolute atomic E-state index is 0.0915. The Morgan fingerprint density at radius 2 is 2.11 bits per heavy atom. The van der Waals surface area contributed by atoms with E-state index < -0.39 is 0 Å². The van der Waals surface area contributed by atoms with E-state index in [0.29, 0.717) is 19.0 Å². The van der Waals surface area contributed by atoms with Crippen LogP contribution in [-0.4, -0.2) is 47.3 Å². The average molecular weight is 266 g/mol. The first kappa shape index (κ1) is 14.4. The number of hydrogen-bond acceptors (Lipinski definition) is 2. The molecule has 2 rings (SSSR count). The monoisotopic (exact) mass is 266 g/mol. The van der Waals surface area contributed by atoms with Gasteiger partial charge in [0.15, 0.2) is 0 Å². The van der Waals surface area contributed by atoms with Crippen LogP contribution in [0.4, 0.5) is 0 Å². The van der Waals surface area contributed by atoms with Gasteiger partial charge in [-0.05, 0) is 32.1 Å². The molecule has 0 spiro atoms. The SMILES string of the molecule is CCCN1C[C@@H](C(=O)N2CCCC[C@H]2CC)CC1=O. The van der Waals surface area contributed by atoms with Crippen LogP contribution in [-0.2, 0) is 9.59 Å². The second kappa shape index (κ2) is 6.40. The summed E-state index contributed by atoms with van der Waals surface area (Å²) in [6, 6.07) is 0.400. The van der Waals surface area contributed by atoms with E-state index in [4.69, 9.17) is 0 Å². The van der Waals surface area contributed by atoms with Crippen LogP contribution in [0.3, 0.4) is 0 Å². The van der Waals surface area contributed by atoms with Gasteiger partial charge in [0.25, 0.3) is 0 Å². The summed E-state index contributed by atoms with van der Waals surface area (Å²) in [5, 5.41) is 0. The van der Waals surface area contributed by atoms with Gasteiger partial charge >= 0.3 is 0 Å². The van der Waals surface area contributed by atoms with Gasteiger partial charge in [-0.25, -0.2) is 0 Å². The van der Waals surface area contributed by atoms with E-state index in [-0.39, 0.29) is 17.7 Å². The molecule has 4 nitrogen and oxygen atoms in total. The maximum absolute atomic E-state index is 12.6. The number of carbonyl (C=O) groups is 2. The molecule has 0 radical (unpaired) electrons. The first-order valence-corrected chi connectivity index (χ1v) is 7.75. The molecule has 0 N–H and O–H groups in total. The summed E-state index contributed by atoms with van der Waals surface area (Å²) in [6.07, 6.45) is 5.89. The molecule has 0 bridgehead atoms. The van der Waals surface area contributed by atoms with E-state index in [1.807, 2.05) is 4.90 Å². The van der Waals surface area contributed by atoms with Crippen molar-refractivity contribution in [3.63, 3.8) is 0 Å². The quantitative estimate of drug-likeness (QED) is 0.781. The number of likely N-dealkylation sites (tertiary alicyclic amines) is 2. The highest BCUT2D eigenvalue weighted by Gasteiger charge is 2.38. The molecule has 0 unspecified atom stereocenters. The highest BCUT2D eigenvalue weighted by Crippen LogP contribution is 2.26. The predicted molar refractivity (Wildman–Crippen MR) is 74.6 cm³/mol. The van der Waals surface area contributed by atoms with Crippen molar-refractivity contribution >= 4 is 11.8 Å². The van der Waals surface area contributed by atoms with Crippen LogP contribution in [0.25, 0.3) is 0 Å². The van der Waals surface area contributed by atoms with Gasteiger partial charge in [-0.3, -0.25) is 9.59 Å². The summed E-state index contributed by atoms with van der Waals surface area (Å²) in [5.41, 5.74) is 0. The van der Waals surface area contributed by atoms with Crippen molar-refractivity contribution in [3.05, 3.63) is 0 Å². The molecule has 0 saturated carbocycles. The van der Waals surface area contributed by atoms with E-state index in [0.717, 1.165) is 38.8 Å². The number of piperidine rings is 1. The van der Waals surface area contributed by atoms with Crippen LogP contribution in [0.5, 0.6) is 0 Å². The Balaban J connectivity index is 1.98. The largest absolute Gasteiger partial charge is 0.342 e. The Labute approximate surface area is 116 Å². The molecule has 19 heavy (non-hydrogen) atoms. The van der Waals surface area contributed by atoms with Crippen molar-refractivity contribution in [3.8, 4) is 0 Å². The minimum Gasteiger partial charge on any atom is -0.342 e. The van der Waals surface area contributed by atoms with Crippen LogP contribution in [0.1, 0.15) is 52.4 Å². The zero-order valence-electron chi connectivity index (χ0n) is 12.2. The fraction of sp³-hybridized carbons (Fsp3) is 0.867. The Morgan fingerprint density at radius 1 is 1.32 bits per heavy atom. The van der Waals surface area contributed by atoms with Crippen LogP contribution >= 0.6 is 0 Å². The van der Waals surface area contributed by atoms with Crippen molar-refractivity contribution in [2.24, 2.45) is 5.92 Å². The van der Waals surface area contributed by atoms with E-state index in [1.54, 1.807) is 0 Å². The first-order chi connectivity index (χ1) is 9.17. The van der Waals surface area contributed by atoms with E-state index in [2.05, 4.69) is 18.7 Å². The molecule has 2 fully saturated rings. The van der Waals surface area contributed by atoms with Crippen molar-refractivity contribution < 1.29 is 9.59 Å². The molecule has 2 aliphatic rings. The molecule has 0 aromatic carbocycles. The summed E-state index contributed by atoms with van der Waals surface area (Å²) >= 11 is 0. The number of rotatable bonds is 4. The third-order valence-electron chi connectivity index (χ3n) is 4.44. The second-order valence-electron chi connectivity index (χ2n) is 5.83. The van der Waals surface area contributed by atoms with Gasteiger partial charge in [-0.2, -0.15) is 0 Å². The Hall–Kier alpha value is -1.06. The zero-order valence-corrected chi connectivity index (χ0v) is 12.2. The van der Waals surface area contributed by atoms with Gasteiger partial charge in [0.1, 0.15) is 0 Å². The Bertz CT molecular complexity index is 343.